The minimum Gasteiger partial charge on any atom is -0.399 e. The molecule has 0 heterocycles. The van der Waals surface area contributed by atoms with Gasteiger partial charge >= 0.3 is 0 Å². The number of nitrogens with two attached hydrogens (primary N) is 2. The van der Waals surface area contributed by atoms with Gasteiger partial charge in [-0.3, -0.25) is 4.79 Å². The molecule has 0 fully saturated rings. The summed E-state index contributed by atoms with van der Waals surface area (Å²) in [5.74, 6) is 0.403. The smallest absolute Gasteiger partial charge is 0.248 e. The van der Waals surface area contributed by atoms with Gasteiger partial charge < -0.3 is 11.5 Å². The fourth-order valence-corrected chi connectivity index (χ4v) is 2.39. The van der Waals surface area contributed by atoms with Crippen molar-refractivity contribution in [1.29, 1.82) is 0 Å². The number of primary amides is 1. The molecule has 2 rings (SSSR count). The zero-order valence-corrected chi connectivity index (χ0v) is 10.6. The van der Waals surface area contributed by atoms with E-state index in [4.69, 9.17) is 11.5 Å². The van der Waals surface area contributed by atoms with Gasteiger partial charge in [-0.1, -0.05) is 12.1 Å². The van der Waals surface area contributed by atoms with Crippen LogP contribution in [0.15, 0.2) is 53.4 Å². The lowest BCUT2D eigenvalue weighted by atomic mass is 10.1. The van der Waals surface area contributed by atoms with Crippen LogP contribution in [0.2, 0.25) is 0 Å². The minimum atomic E-state index is -0.394. The summed E-state index contributed by atoms with van der Waals surface area (Å²) in [6, 6.07) is 15.1. The van der Waals surface area contributed by atoms with Crippen LogP contribution in [0.25, 0.3) is 0 Å². The molecule has 0 aliphatic carbocycles. The normalized spacial score (nSPS) is 10.2. The number of hydrogen-bond donors (Lipinski definition) is 2. The number of carbonyl (C=O) groups is 1. The molecule has 0 aliphatic heterocycles. The number of hydrogen-bond acceptors (Lipinski definition) is 3. The van der Waals surface area contributed by atoms with Gasteiger partial charge in [0.25, 0.3) is 0 Å². The molecule has 0 spiro atoms. The number of rotatable bonds is 4. The highest BCUT2D eigenvalue weighted by Crippen LogP contribution is 2.23. The summed E-state index contributed by atoms with van der Waals surface area (Å²) in [6.07, 6.45) is 0. The van der Waals surface area contributed by atoms with Crippen molar-refractivity contribution in [3.05, 3.63) is 59.7 Å². The summed E-state index contributed by atoms with van der Waals surface area (Å²) in [7, 11) is 0. The van der Waals surface area contributed by atoms with Crippen molar-refractivity contribution >= 4 is 23.4 Å². The maximum atomic E-state index is 11.1. The lowest BCUT2D eigenvalue weighted by molar-refractivity contribution is 0.1000. The summed E-state index contributed by atoms with van der Waals surface area (Å²) < 4.78 is 0. The summed E-state index contributed by atoms with van der Waals surface area (Å²) in [5, 5.41) is 0. The summed E-state index contributed by atoms with van der Waals surface area (Å²) in [5.41, 5.74) is 13.3. The monoisotopic (exact) mass is 258 g/mol. The number of thioether (sulfide) groups is 1. The van der Waals surface area contributed by atoms with Crippen molar-refractivity contribution in [3.8, 4) is 0 Å². The van der Waals surface area contributed by atoms with Crippen molar-refractivity contribution in [2.45, 2.75) is 10.6 Å². The van der Waals surface area contributed by atoms with E-state index < -0.39 is 5.91 Å². The Morgan fingerprint density at radius 3 is 2.50 bits per heavy atom. The first kappa shape index (κ1) is 12.5. The fraction of sp³-hybridized carbons (Fsp3) is 0.0714. The van der Waals surface area contributed by atoms with E-state index in [1.807, 2.05) is 42.5 Å². The molecule has 0 atom stereocenters. The van der Waals surface area contributed by atoms with Crippen molar-refractivity contribution in [3.63, 3.8) is 0 Å². The second kappa shape index (κ2) is 5.60. The van der Waals surface area contributed by atoms with Gasteiger partial charge in [0.15, 0.2) is 0 Å². The first-order valence-electron chi connectivity index (χ1n) is 5.52. The molecule has 4 N–H and O–H groups in total. The Kier molecular flexibility index (Phi) is 3.89. The van der Waals surface area contributed by atoms with Crippen LogP contribution in [0.5, 0.6) is 0 Å². The van der Waals surface area contributed by atoms with E-state index >= 15 is 0 Å². The number of amides is 1. The average molecular weight is 258 g/mol. The predicted octanol–water partition coefficient (Wildman–Crippen LogP) is 2.66. The van der Waals surface area contributed by atoms with Gasteiger partial charge in [0.1, 0.15) is 0 Å². The molecule has 0 bridgehead atoms. The summed E-state index contributed by atoms with van der Waals surface area (Å²) in [4.78, 5) is 12.2. The molecule has 0 unspecified atom stereocenters. The molecule has 4 heteroatoms. The van der Waals surface area contributed by atoms with E-state index in [-0.39, 0.29) is 0 Å². The van der Waals surface area contributed by atoms with Crippen LogP contribution in [0.3, 0.4) is 0 Å². The van der Waals surface area contributed by atoms with Gasteiger partial charge in [0.05, 0.1) is 0 Å². The summed E-state index contributed by atoms with van der Waals surface area (Å²) >= 11 is 1.69. The highest BCUT2D eigenvalue weighted by atomic mass is 32.2. The van der Waals surface area contributed by atoms with Gasteiger partial charge in [-0.15, -0.1) is 11.8 Å². The SMILES string of the molecule is NC(=O)c1cccc(CSc2ccc(N)cc2)c1. The molecule has 0 saturated heterocycles. The first-order chi connectivity index (χ1) is 8.65. The zero-order chi connectivity index (χ0) is 13.0. The highest BCUT2D eigenvalue weighted by Gasteiger charge is 2.02. The van der Waals surface area contributed by atoms with Gasteiger partial charge in [-0.05, 0) is 42.0 Å². The first-order valence-corrected chi connectivity index (χ1v) is 6.51. The zero-order valence-electron chi connectivity index (χ0n) is 9.80. The van der Waals surface area contributed by atoms with E-state index in [0.29, 0.717) is 5.56 Å². The average Bonchev–Trinajstić information content (AvgIpc) is 2.38. The lowest BCUT2D eigenvalue weighted by Crippen LogP contribution is -2.10. The van der Waals surface area contributed by atoms with Crippen LogP contribution in [0, 0.1) is 0 Å². The van der Waals surface area contributed by atoms with E-state index in [9.17, 15) is 4.79 Å². The quantitative estimate of drug-likeness (QED) is 0.654. The van der Waals surface area contributed by atoms with Gasteiger partial charge in [-0.25, -0.2) is 0 Å². The van der Waals surface area contributed by atoms with E-state index in [2.05, 4.69) is 0 Å². The Bertz CT molecular complexity index is 552. The molecule has 0 aliphatic rings. The second-order valence-corrected chi connectivity index (χ2v) is 4.97. The van der Waals surface area contributed by atoms with Gasteiger partial charge in [-0.2, -0.15) is 0 Å². The van der Waals surface area contributed by atoms with Crippen LogP contribution in [0.4, 0.5) is 5.69 Å². The molecule has 18 heavy (non-hydrogen) atoms. The maximum Gasteiger partial charge on any atom is 0.248 e. The van der Waals surface area contributed by atoms with Crippen LogP contribution in [-0.2, 0) is 5.75 Å². The molecule has 92 valence electrons. The molecular formula is C14H14N2OS. The number of nitrogen functional groups attached to an aromatic ring is 1. The number of benzene rings is 2. The van der Waals surface area contributed by atoms with Crippen molar-refractivity contribution in [1.82, 2.24) is 0 Å². The Hall–Kier alpha value is -1.94. The standard InChI is InChI=1S/C14H14N2OS/c15-12-4-6-13(7-5-12)18-9-10-2-1-3-11(8-10)14(16)17/h1-8H,9,15H2,(H2,16,17). The summed E-state index contributed by atoms with van der Waals surface area (Å²) in [6.45, 7) is 0. The molecule has 2 aromatic carbocycles. The van der Waals surface area contributed by atoms with Gasteiger partial charge in [0, 0.05) is 21.9 Å². The third-order valence-corrected chi connectivity index (χ3v) is 3.58. The molecule has 3 nitrogen and oxygen atoms in total. The molecule has 0 aromatic heterocycles. The van der Waals surface area contributed by atoms with E-state index in [1.165, 1.54) is 0 Å². The molecular weight excluding hydrogens is 244 g/mol. The van der Waals surface area contributed by atoms with Crippen LogP contribution >= 0.6 is 11.8 Å². The predicted molar refractivity (Wildman–Crippen MR) is 75.4 cm³/mol. The van der Waals surface area contributed by atoms with Crippen molar-refractivity contribution in [2.75, 3.05) is 5.73 Å². The second-order valence-electron chi connectivity index (χ2n) is 3.92. The van der Waals surface area contributed by atoms with Gasteiger partial charge in [0.2, 0.25) is 5.91 Å². The Labute approximate surface area is 110 Å². The highest BCUT2D eigenvalue weighted by molar-refractivity contribution is 7.98. The number of anilines is 1. The lowest BCUT2D eigenvalue weighted by Gasteiger charge is -2.04. The van der Waals surface area contributed by atoms with Crippen molar-refractivity contribution in [2.24, 2.45) is 5.73 Å². The number of carbonyl (C=O) groups excluding carboxylic acids is 1. The Morgan fingerprint density at radius 2 is 1.83 bits per heavy atom. The molecule has 0 radical (unpaired) electrons. The Balaban J connectivity index is 2.04. The largest absolute Gasteiger partial charge is 0.399 e. The molecule has 1 amide bonds. The Morgan fingerprint density at radius 1 is 1.11 bits per heavy atom. The van der Waals surface area contributed by atoms with E-state index in [1.54, 1.807) is 17.8 Å². The minimum absolute atomic E-state index is 0.394. The molecule has 2 aromatic rings. The van der Waals surface area contributed by atoms with Crippen LogP contribution in [-0.4, -0.2) is 5.91 Å². The third-order valence-electron chi connectivity index (χ3n) is 2.50. The van der Waals surface area contributed by atoms with Crippen LogP contribution in [0.1, 0.15) is 15.9 Å². The van der Waals surface area contributed by atoms with Crippen molar-refractivity contribution < 1.29 is 4.79 Å². The van der Waals surface area contributed by atoms with Crippen LogP contribution < -0.4 is 11.5 Å². The fourth-order valence-electron chi connectivity index (χ4n) is 1.55. The van der Waals surface area contributed by atoms with E-state index in [0.717, 1.165) is 21.9 Å². The maximum absolute atomic E-state index is 11.1. The molecule has 0 saturated carbocycles. The topological polar surface area (TPSA) is 69.1 Å². The third kappa shape index (κ3) is 3.28.